The highest BCUT2D eigenvalue weighted by atomic mass is 16.3. The lowest BCUT2D eigenvalue weighted by Crippen LogP contribution is -2.25. The summed E-state index contributed by atoms with van der Waals surface area (Å²) in [5.74, 6) is 0. The van der Waals surface area contributed by atoms with Crippen LogP contribution >= 0.6 is 0 Å². The molecule has 3 heteroatoms. The van der Waals surface area contributed by atoms with Crippen LogP contribution in [0.4, 0.5) is 17.1 Å². The maximum Gasteiger partial charge on any atom is 0.136 e. The average molecular weight is 891 g/mol. The second kappa shape index (κ2) is 14.9. The Balaban J connectivity index is 0.970. The second-order valence-corrected chi connectivity index (χ2v) is 18.8. The first-order chi connectivity index (χ1) is 34.7. The molecule has 1 atom stereocenters. The first kappa shape index (κ1) is 38.9. The zero-order chi connectivity index (χ0) is 45.9. The van der Waals surface area contributed by atoms with Crippen LogP contribution in [0.1, 0.15) is 22.3 Å². The summed E-state index contributed by atoms with van der Waals surface area (Å²) in [6.45, 7) is 0. The number of hydrogen-bond donors (Lipinski definition) is 0. The van der Waals surface area contributed by atoms with Gasteiger partial charge in [-0.2, -0.15) is 0 Å². The third-order valence-corrected chi connectivity index (χ3v) is 15.2. The van der Waals surface area contributed by atoms with Gasteiger partial charge in [-0.15, -0.1) is 0 Å². The van der Waals surface area contributed by atoms with Crippen molar-refractivity contribution in [1.29, 1.82) is 0 Å². The molecule has 0 bridgehead atoms. The Morgan fingerprint density at radius 1 is 0.329 bits per heavy atom. The maximum atomic E-state index is 6.56. The lowest BCUT2D eigenvalue weighted by atomic mass is 9.70. The number of anilines is 3. The Hall–Kier alpha value is -9.18. The van der Waals surface area contributed by atoms with Gasteiger partial charge < -0.3 is 13.9 Å². The van der Waals surface area contributed by atoms with Crippen LogP contribution in [-0.4, -0.2) is 4.57 Å². The van der Waals surface area contributed by atoms with Crippen LogP contribution in [0.5, 0.6) is 0 Å². The molecule has 0 fully saturated rings. The molecule has 0 saturated heterocycles. The van der Waals surface area contributed by atoms with Gasteiger partial charge in [0, 0.05) is 44.3 Å². The van der Waals surface area contributed by atoms with Crippen molar-refractivity contribution in [1.82, 2.24) is 4.57 Å². The summed E-state index contributed by atoms with van der Waals surface area (Å²) in [6.07, 6.45) is 0. The van der Waals surface area contributed by atoms with Crippen LogP contribution in [-0.2, 0) is 5.41 Å². The summed E-state index contributed by atoms with van der Waals surface area (Å²) in [7, 11) is 0. The minimum Gasteiger partial charge on any atom is -0.456 e. The molecular formula is C67H42N2O. The van der Waals surface area contributed by atoms with Crippen molar-refractivity contribution in [3.8, 4) is 50.2 Å². The molecule has 326 valence electrons. The van der Waals surface area contributed by atoms with Gasteiger partial charge in [0.15, 0.2) is 0 Å². The third-order valence-electron chi connectivity index (χ3n) is 15.2. The highest BCUT2D eigenvalue weighted by Gasteiger charge is 2.52. The number of aromatic nitrogens is 1. The van der Waals surface area contributed by atoms with Gasteiger partial charge in [0.25, 0.3) is 0 Å². The quantitative estimate of drug-likeness (QED) is 0.166. The molecule has 0 N–H and O–H groups in total. The van der Waals surface area contributed by atoms with Crippen molar-refractivity contribution in [2.75, 3.05) is 4.90 Å². The topological polar surface area (TPSA) is 21.3 Å². The molecule has 1 unspecified atom stereocenters. The Morgan fingerprint density at radius 2 is 0.957 bits per heavy atom. The van der Waals surface area contributed by atoms with E-state index < -0.39 is 5.41 Å². The fraction of sp³-hybridized carbons (Fsp3) is 0.0149. The van der Waals surface area contributed by atoms with E-state index in [4.69, 9.17) is 4.42 Å². The Morgan fingerprint density at radius 3 is 1.77 bits per heavy atom. The predicted molar refractivity (Wildman–Crippen MR) is 290 cm³/mol. The van der Waals surface area contributed by atoms with Crippen molar-refractivity contribution in [2.24, 2.45) is 0 Å². The number of benzene rings is 11. The molecule has 1 spiro atoms. The van der Waals surface area contributed by atoms with Crippen LogP contribution in [0, 0.1) is 0 Å². The van der Waals surface area contributed by atoms with Crippen molar-refractivity contribution in [2.45, 2.75) is 5.41 Å². The van der Waals surface area contributed by atoms with Crippen LogP contribution in [0.15, 0.2) is 259 Å². The molecule has 15 rings (SSSR count). The molecule has 70 heavy (non-hydrogen) atoms. The summed E-state index contributed by atoms with van der Waals surface area (Å²) >= 11 is 0. The highest BCUT2D eigenvalue weighted by Crippen LogP contribution is 2.64. The van der Waals surface area contributed by atoms with Gasteiger partial charge in [-0.1, -0.05) is 170 Å². The SMILES string of the molecule is c1ccc(-c2cc(-c3ccc4c(c3)C3(c5ccccc5-4)c4ccccc4-c4c3ccc3oc5ccccc5c43)cc(N(c3ccccc3)c3ccc4c(c3)c3ccccc3n4-c3ccccc3)c2)cc1. The summed E-state index contributed by atoms with van der Waals surface area (Å²) in [5, 5.41) is 4.76. The van der Waals surface area contributed by atoms with E-state index in [2.05, 4.69) is 264 Å². The van der Waals surface area contributed by atoms with Crippen LogP contribution in [0.3, 0.4) is 0 Å². The molecule has 0 saturated carbocycles. The molecule has 0 radical (unpaired) electrons. The zero-order valence-electron chi connectivity index (χ0n) is 38.1. The Labute approximate surface area is 405 Å². The van der Waals surface area contributed by atoms with Gasteiger partial charge >= 0.3 is 0 Å². The van der Waals surface area contributed by atoms with E-state index in [-0.39, 0.29) is 0 Å². The van der Waals surface area contributed by atoms with E-state index in [0.29, 0.717) is 0 Å². The van der Waals surface area contributed by atoms with E-state index >= 15 is 0 Å². The van der Waals surface area contributed by atoms with Crippen molar-refractivity contribution in [3.05, 3.63) is 277 Å². The third kappa shape index (κ3) is 5.46. The van der Waals surface area contributed by atoms with Gasteiger partial charge in [0.1, 0.15) is 11.2 Å². The molecule has 13 aromatic rings. The van der Waals surface area contributed by atoms with Gasteiger partial charge in [-0.05, 0) is 152 Å². The summed E-state index contributed by atoms with van der Waals surface area (Å²) < 4.78 is 8.94. The number of nitrogens with zero attached hydrogens (tertiary/aromatic N) is 2. The van der Waals surface area contributed by atoms with Crippen LogP contribution in [0.25, 0.3) is 93.9 Å². The zero-order valence-corrected chi connectivity index (χ0v) is 38.1. The molecule has 2 heterocycles. The normalized spacial score (nSPS) is 14.3. The standard InChI is InChI=1S/C67H42N2O/c1-4-18-43(19-5-1)45-38-46(40-50(39-45)68(47-20-6-2-7-21-47)49-33-36-62-56(42-49)53-25-12-16-30-61(53)69(62)48-22-8-3-9-23-48)44-32-34-52-51-24-10-14-28-57(51)67(60(52)41-44)58-29-15-11-26-54(58)65-59(67)35-37-64-66(65)55-27-13-17-31-63(55)70-64/h1-42H. The van der Waals surface area contributed by atoms with E-state index in [9.17, 15) is 0 Å². The van der Waals surface area contributed by atoms with E-state index in [0.717, 1.165) is 50.4 Å². The molecule has 0 amide bonds. The fourth-order valence-corrected chi connectivity index (χ4v) is 12.3. The van der Waals surface area contributed by atoms with Gasteiger partial charge in [0.05, 0.1) is 16.4 Å². The number of para-hydroxylation sites is 4. The highest BCUT2D eigenvalue weighted by molar-refractivity contribution is 6.16. The summed E-state index contributed by atoms with van der Waals surface area (Å²) in [4.78, 5) is 2.43. The lowest BCUT2D eigenvalue weighted by Gasteiger charge is -2.31. The van der Waals surface area contributed by atoms with E-state index in [1.165, 1.54) is 82.8 Å². The van der Waals surface area contributed by atoms with Gasteiger partial charge in [0.2, 0.25) is 0 Å². The van der Waals surface area contributed by atoms with Crippen LogP contribution < -0.4 is 4.90 Å². The van der Waals surface area contributed by atoms with E-state index in [1.807, 2.05) is 0 Å². The maximum absolute atomic E-state index is 6.56. The smallest absolute Gasteiger partial charge is 0.136 e. The number of furan rings is 1. The Kier molecular flexibility index (Phi) is 8.28. The minimum absolute atomic E-state index is 0.537. The van der Waals surface area contributed by atoms with Crippen molar-refractivity contribution in [3.63, 3.8) is 0 Å². The molecule has 2 aromatic heterocycles. The van der Waals surface area contributed by atoms with E-state index in [1.54, 1.807) is 0 Å². The van der Waals surface area contributed by atoms with Crippen LogP contribution in [0.2, 0.25) is 0 Å². The predicted octanol–water partition coefficient (Wildman–Crippen LogP) is 17.8. The molecular weight excluding hydrogens is 849 g/mol. The summed E-state index contributed by atoms with van der Waals surface area (Å²) in [6, 6.07) is 93.6. The summed E-state index contributed by atoms with van der Waals surface area (Å²) in [5.41, 5.74) is 23.0. The number of rotatable bonds is 6. The van der Waals surface area contributed by atoms with Gasteiger partial charge in [-0.3, -0.25) is 0 Å². The molecule has 2 aliphatic rings. The molecule has 2 aliphatic carbocycles. The largest absolute Gasteiger partial charge is 0.456 e. The Bertz CT molecular complexity index is 4240. The first-order valence-corrected chi connectivity index (χ1v) is 24.2. The molecule has 0 aliphatic heterocycles. The monoisotopic (exact) mass is 890 g/mol. The number of fused-ring (bicyclic) bond motifs is 17. The molecule has 3 nitrogen and oxygen atoms in total. The van der Waals surface area contributed by atoms with Gasteiger partial charge in [-0.25, -0.2) is 0 Å². The lowest BCUT2D eigenvalue weighted by molar-refractivity contribution is 0.668. The first-order valence-electron chi connectivity index (χ1n) is 24.2. The van der Waals surface area contributed by atoms with Crippen molar-refractivity contribution < 1.29 is 4.42 Å². The average Bonchev–Trinajstić information content (AvgIpc) is 4.15. The molecule has 11 aromatic carbocycles. The fourth-order valence-electron chi connectivity index (χ4n) is 12.3. The van der Waals surface area contributed by atoms with Crippen molar-refractivity contribution >= 4 is 60.8 Å². The minimum atomic E-state index is -0.537. The number of hydrogen-bond acceptors (Lipinski definition) is 2. The second-order valence-electron chi connectivity index (χ2n) is 18.8.